The van der Waals surface area contributed by atoms with E-state index >= 15 is 0 Å². The number of halogens is 1. The summed E-state index contributed by atoms with van der Waals surface area (Å²) in [5.41, 5.74) is 2.95. The number of likely N-dealkylation sites (N-methyl/N-ethyl adjacent to an activating group) is 1. The predicted molar refractivity (Wildman–Crippen MR) is 136 cm³/mol. The van der Waals surface area contributed by atoms with E-state index in [-0.39, 0.29) is 22.7 Å². The fraction of sp³-hybridized carbons (Fsp3) is 0.423. The van der Waals surface area contributed by atoms with E-state index in [9.17, 15) is 12.8 Å². The first-order chi connectivity index (χ1) is 16.7. The van der Waals surface area contributed by atoms with E-state index in [1.165, 1.54) is 13.2 Å². The predicted octanol–water partition coefficient (Wildman–Crippen LogP) is 3.61. The molecule has 0 bridgehead atoms. The van der Waals surface area contributed by atoms with Crippen molar-refractivity contribution in [1.82, 2.24) is 9.88 Å². The summed E-state index contributed by atoms with van der Waals surface area (Å²) >= 11 is 0. The number of anilines is 1. The number of benzene rings is 2. The Morgan fingerprint density at radius 2 is 1.89 bits per heavy atom. The minimum Gasteiger partial charge on any atom is -0.494 e. The van der Waals surface area contributed by atoms with Gasteiger partial charge in [-0.3, -0.25) is 0 Å². The first kappa shape index (κ1) is 23.8. The molecule has 0 aliphatic carbocycles. The van der Waals surface area contributed by atoms with Crippen molar-refractivity contribution in [2.45, 2.75) is 6.42 Å². The highest BCUT2D eigenvalue weighted by molar-refractivity contribution is 7.92. The molecule has 0 atom stereocenters. The zero-order valence-corrected chi connectivity index (χ0v) is 21.1. The van der Waals surface area contributed by atoms with Crippen LogP contribution in [0.3, 0.4) is 0 Å². The SMILES string of the molecule is COc1cc2nc(-c3ccc(OCCN(C)C)cc3)cc(N3CCC4(C3)CS(=O)(=O)C4)c2cc1F. The normalized spacial score (nSPS) is 18.3. The van der Waals surface area contributed by atoms with Crippen molar-refractivity contribution in [2.75, 3.05) is 63.9 Å². The van der Waals surface area contributed by atoms with Gasteiger partial charge in [0.25, 0.3) is 0 Å². The van der Waals surface area contributed by atoms with Crippen molar-refractivity contribution in [3.05, 3.63) is 48.3 Å². The minimum atomic E-state index is -2.93. The lowest BCUT2D eigenvalue weighted by Crippen LogP contribution is -2.50. The van der Waals surface area contributed by atoms with Crippen molar-refractivity contribution in [3.63, 3.8) is 0 Å². The van der Waals surface area contributed by atoms with Crippen LogP contribution in [0.2, 0.25) is 0 Å². The topological polar surface area (TPSA) is 72.0 Å². The highest BCUT2D eigenvalue weighted by atomic mass is 32.2. The Morgan fingerprint density at radius 1 is 1.14 bits per heavy atom. The first-order valence-corrected chi connectivity index (χ1v) is 13.5. The van der Waals surface area contributed by atoms with Gasteiger partial charge in [-0.1, -0.05) is 0 Å². The van der Waals surface area contributed by atoms with E-state index in [0.29, 0.717) is 24.1 Å². The number of nitrogens with zero attached hydrogens (tertiary/aromatic N) is 3. The van der Waals surface area contributed by atoms with Crippen molar-refractivity contribution in [2.24, 2.45) is 5.41 Å². The van der Waals surface area contributed by atoms with Crippen LogP contribution >= 0.6 is 0 Å². The fourth-order valence-electron chi connectivity index (χ4n) is 5.11. The summed E-state index contributed by atoms with van der Waals surface area (Å²) in [5.74, 6) is 0.928. The molecule has 3 aromatic rings. The highest BCUT2D eigenvalue weighted by Crippen LogP contribution is 2.45. The smallest absolute Gasteiger partial charge is 0.165 e. The molecule has 2 saturated heterocycles. The molecule has 9 heteroatoms. The van der Waals surface area contributed by atoms with Gasteiger partial charge in [-0.2, -0.15) is 0 Å². The van der Waals surface area contributed by atoms with E-state index < -0.39 is 15.7 Å². The second-order valence-corrected chi connectivity index (χ2v) is 12.0. The van der Waals surface area contributed by atoms with Crippen molar-refractivity contribution in [3.8, 4) is 22.8 Å². The summed E-state index contributed by atoms with van der Waals surface area (Å²) in [7, 11) is 2.51. The van der Waals surface area contributed by atoms with Crippen LogP contribution in [0.1, 0.15) is 6.42 Å². The fourth-order valence-corrected chi connectivity index (χ4v) is 7.36. The number of methoxy groups -OCH3 is 1. The van der Waals surface area contributed by atoms with E-state index in [4.69, 9.17) is 14.5 Å². The number of rotatable bonds is 7. The van der Waals surface area contributed by atoms with Crippen LogP contribution < -0.4 is 14.4 Å². The molecule has 5 rings (SSSR count). The Labute approximate surface area is 205 Å². The van der Waals surface area contributed by atoms with Gasteiger partial charge in [0, 0.05) is 47.8 Å². The Hall–Kier alpha value is -2.91. The largest absolute Gasteiger partial charge is 0.494 e. The summed E-state index contributed by atoms with van der Waals surface area (Å²) < 4.78 is 49.4. The van der Waals surface area contributed by atoms with E-state index in [0.717, 1.165) is 42.2 Å². The maximum absolute atomic E-state index is 14.7. The zero-order valence-electron chi connectivity index (χ0n) is 20.3. The third kappa shape index (κ3) is 4.79. The molecule has 7 nitrogen and oxygen atoms in total. The average Bonchev–Trinajstić information content (AvgIpc) is 3.21. The molecule has 0 saturated carbocycles. The Morgan fingerprint density at radius 3 is 2.54 bits per heavy atom. The third-order valence-corrected chi connectivity index (χ3v) is 8.95. The zero-order chi connectivity index (χ0) is 24.8. The van der Waals surface area contributed by atoms with Crippen LogP contribution in [-0.4, -0.2) is 77.3 Å². The number of pyridine rings is 1. The van der Waals surface area contributed by atoms with Crippen molar-refractivity contribution >= 4 is 26.4 Å². The van der Waals surface area contributed by atoms with Crippen molar-refractivity contribution in [1.29, 1.82) is 0 Å². The number of fused-ring (bicyclic) bond motifs is 1. The molecule has 0 unspecified atom stereocenters. The third-order valence-electron chi connectivity index (χ3n) is 6.85. The number of aromatic nitrogens is 1. The van der Waals surface area contributed by atoms with E-state index in [1.54, 1.807) is 6.07 Å². The second-order valence-electron chi connectivity index (χ2n) is 9.91. The van der Waals surface area contributed by atoms with Gasteiger partial charge in [-0.15, -0.1) is 0 Å². The van der Waals surface area contributed by atoms with Gasteiger partial charge in [-0.25, -0.2) is 17.8 Å². The molecule has 186 valence electrons. The maximum atomic E-state index is 14.7. The minimum absolute atomic E-state index is 0.140. The van der Waals surface area contributed by atoms with E-state index in [2.05, 4.69) is 9.80 Å². The lowest BCUT2D eigenvalue weighted by Gasteiger charge is -2.37. The molecule has 2 aliphatic heterocycles. The van der Waals surface area contributed by atoms with Crippen LogP contribution in [0, 0.1) is 11.2 Å². The average molecular weight is 500 g/mol. The summed E-state index contributed by atoms with van der Waals surface area (Å²) in [5, 5.41) is 0.690. The lowest BCUT2D eigenvalue weighted by atomic mass is 9.91. The molecule has 2 fully saturated rings. The molecule has 35 heavy (non-hydrogen) atoms. The Balaban J connectivity index is 1.50. The highest BCUT2D eigenvalue weighted by Gasteiger charge is 2.52. The molecule has 3 heterocycles. The second kappa shape index (κ2) is 8.95. The van der Waals surface area contributed by atoms with Gasteiger partial charge in [0.05, 0.1) is 29.8 Å². The summed E-state index contributed by atoms with van der Waals surface area (Å²) in [6.07, 6.45) is 0.809. The van der Waals surface area contributed by atoms with Crippen LogP contribution in [0.5, 0.6) is 11.5 Å². The van der Waals surface area contributed by atoms with Crippen LogP contribution in [-0.2, 0) is 9.84 Å². The molecule has 2 aliphatic rings. The van der Waals surface area contributed by atoms with Gasteiger partial charge >= 0.3 is 0 Å². The van der Waals surface area contributed by atoms with Crippen LogP contribution in [0.4, 0.5) is 10.1 Å². The molecule has 1 spiro atoms. The van der Waals surface area contributed by atoms with Crippen LogP contribution in [0.15, 0.2) is 42.5 Å². The lowest BCUT2D eigenvalue weighted by molar-refractivity contribution is 0.261. The number of ether oxygens (including phenoxy) is 2. The monoisotopic (exact) mass is 499 g/mol. The molecule has 0 amide bonds. The van der Waals surface area contributed by atoms with Gasteiger partial charge in [0.2, 0.25) is 0 Å². The first-order valence-electron chi connectivity index (χ1n) is 11.7. The number of sulfone groups is 1. The summed E-state index contributed by atoms with van der Waals surface area (Å²) in [6, 6.07) is 12.8. The number of hydrogen-bond donors (Lipinski definition) is 0. The molecule has 0 radical (unpaired) electrons. The molecule has 0 N–H and O–H groups in total. The van der Waals surface area contributed by atoms with Crippen LogP contribution in [0.25, 0.3) is 22.2 Å². The Bertz CT molecular complexity index is 1350. The van der Waals surface area contributed by atoms with Gasteiger partial charge < -0.3 is 19.3 Å². The molecule has 2 aromatic carbocycles. The standard InChI is InChI=1S/C26H30FN3O4S/c1-29(2)10-11-34-19-6-4-18(5-7-19)22-13-24(20-12-21(27)25(33-3)14-23(20)28-22)30-9-8-26(15-30)16-35(31,32)17-26/h4-7,12-14H,8-11,15-17H2,1-3H3. The van der Waals surface area contributed by atoms with Gasteiger partial charge in [0.15, 0.2) is 21.4 Å². The Kier molecular flexibility index (Phi) is 6.09. The van der Waals surface area contributed by atoms with Gasteiger partial charge in [-0.05, 0) is 56.9 Å². The number of hydrogen-bond acceptors (Lipinski definition) is 7. The van der Waals surface area contributed by atoms with Crippen molar-refractivity contribution < 1.29 is 22.3 Å². The van der Waals surface area contributed by atoms with E-state index in [1.807, 2.05) is 44.4 Å². The summed E-state index contributed by atoms with van der Waals surface area (Å²) in [4.78, 5) is 9.06. The molecular formula is C26H30FN3O4S. The molecule has 1 aromatic heterocycles. The quantitative estimate of drug-likeness (QED) is 0.492. The van der Waals surface area contributed by atoms with Gasteiger partial charge in [0.1, 0.15) is 12.4 Å². The maximum Gasteiger partial charge on any atom is 0.165 e. The molecular weight excluding hydrogens is 469 g/mol. The summed E-state index contributed by atoms with van der Waals surface area (Å²) in [6.45, 7) is 2.79.